The summed E-state index contributed by atoms with van der Waals surface area (Å²) in [6.45, 7) is 4.02. The van der Waals surface area contributed by atoms with E-state index in [1.165, 1.54) is 11.6 Å². The molecule has 2 rings (SSSR count). The molecule has 0 radical (unpaired) electrons. The van der Waals surface area contributed by atoms with Crippen LogP contribution in [-0.4, -0.2) is 0 Å². The van der Waals surface area contributed by atoms with E-state index in [2.05, 4.69) is 22.0 Å². The van der Waals surface area contributed by atoms with Crippen molar-refractivity contribution in [2.75, 3.05) is 0 Å². The van der Waals surface area contributed by atoms with Gasteiger partial charge in [0.05, 0.1) is 5.38 Å². The van der Waals surface area contributed by atoms with Crippen molar-refractivity contribution >= 4 is 27.5 Å². The lowest BCUT2D eigenvalue weighted by atomic mass is 9.98. The van der Waals surface area contributed by atoms with Gasteiger partial charge in [-0.2, -0.15) is 0 Å². The molecule has 0 aliphatic rings. The number of hydrogen-bond acceptors (Lipinski definition) is 0. The molecule has 18 heavy (non-hydrogen) atoms. The average molecular weight is 328 g/mol. The van der Waals surface area contributed by atoms with Crippen molar-refractivity contribution in [2.24, 2.45) is 0 Å². The van der Waals surface area contributed by atoms with E-state index in [-0.39, 0.29) is 5.82 Å². The predicted molar refractivity (Wildman–Crippen MR) is 77.7 cm³/mol. The van der Waals surface area contributed by atoms with Crippen LogP contribution < -0.4 is 0 Å². The molecule has 0 amide bonds. The minimum absolute atomic E-state index is 0.279. The van der Waals surface area contributed by atoms with Crippen LogP contribution in [0.1, 0.15) is 27.6 Å². The topological polar surface area (TPSA) is 0 Å². The molecule has 0 heterocycles. The van der Waals surface area contributed by atoms with Gasteiger partial charge >= 0.3 is 0 Å². The molecular weight excluding hydrogens is 315 g/mol. The second kappa shape index (κ2) is 5.41. The first-order valence-corrected chi connectivity index (χ1v) is 6.88. The van der Waals surface area contributed by atoms with E-state index in [1.807, 2.05) is 26.0 Å². The monoisotopic (exact) mass is 326 g/mol. The summed E-state index contributed by atoms with van der Waals surface area (Å²) in [7, 11) is 0. The molecule has 0 bridgehead atoms. The lowest BCUT2D eigenvalue weighted by molar-refractivity contribution is 0.612. The lowest BCUT2D eigenvalue weighted by Crippen LogP contribution is -1.99. The summed E-state index contributed by atoms with van der Waals surface area (Å²) in [6.07, 6.45) is 0. The van der Waals surface area contributed by atoms with E-state index in [0.29, 0.717) is 5.56 Å². The Bertz CT molecular complexity index is 581. The Hall–Kier alpha value is -0.860. The number of benzene rings is 2. The summed E-state index contributed by atoms with van der Waals surface area (Å²) < 4.78 is 14.6. The largest absolute Gasteiger partial charge is 0.207 e. The van der Waals surface area contributed by atoms with Gasteiger partial charge in [-0.05, 0) is 43.2 Å². The van der Waals surface area contributed by atoms with Crippen molar-refractivity contribution in [3.63, 3.8) is 0 Å². The minimum atomic E-state index is -0.469. The zero-order valence-electron chi connectivity index (χ0n) is 10.2. The molecule has 0 nitrogen and oxygen atoms in total. The summed E-state index contributed by atoms with van der Waals surface area (Å²) in [5, 5.41) is -0.469. The average Bonchev–Trinajstić information content (AvgIpc) is 2.31. The van der Waals surface area contributed by atoms with Crippen LogP contribution >= 0.6 is 27.5 Å². The van der Waals surface area contributed by atoms with E-state index in [1.54, 1.807) is 12.1 Å². The van der Waals surface area contributed by atoms with Crippen molar-refractivity contribution in [3.05, 3.63) is 68.9 Å². The summed E-state index contributed by atoms with van der Waals surface area (Å²) in [4.78, 5) is 0. The summed E-state index contributed by atoms with van der Waals surface area (Å²) in [6, 6.07) is 10.8. The molecule has 1 atom stereocenters. The third-order valence-corrected chi connectivity index (χ3v) is 3.89. The van der Waals surface area contributed by atoms with Crippen LogP contribution in [0.2, 0.25) is 0 Å². The van der Waals surface area contributed by atoms with E-state index in [0.717, 1.165) is 15.6 Å². The fourth-order valence-electron chi connectivity index (χ4n) is 1.99. The quantitative estimate of drug-likeness (QED) is 0.636. The van der Waals surface area contributed by atoms with E-state index >= 15 is 0 Å². The number of rotatable bonds is 2. The molecule has 3 heteroatoms. The van der Waals surface area contributed by atoms with Gasteiger partial charge in [0.15, 0.2) is 0 Å². The van der Waals surface area contributed by atoms with Gasteiger partial charge in [0.2, 0.25) is 0 Å². The molecule has 0 spiro atoms. The Morgan fingerprint density at radius 3 is 2.44 bits per heavy atom. The second-order valence-electron chi connectivity index (χ2n) is 4.39. The van der Waals surface area contributed by atoms with Crippen molar-refractivity contribution in [2.45, 2.75) is 19.2 Å². The lowest BCUT2D eigenvalue weighted by Gasteiger charge is -2.15. The van der Waals surface area contributed by atoms with Crippen LogP contribution in [0.4, 0.5) is 4.39 Å². The molecule has 0 fully saturated rings. The number of alkyl halides is 1. The first-order valence-electron chi connectivity index (χ1n) is 5.65. The minimum Gasteiger partial charge on any atom is -0.207 e. The highest BCUT2D eigenvalue weighted by molar-refractivity contribution is 9.10. The third-order valence-electron chi connectivity index (χ3n) is 2.93. The van der Waals surface area contributed by atoms with Gasteiger partial charge in [-0.3, -0.25) is 0 Å². The zero-order chi connectivity index (χ0) is 13.3. The van der Waals surface area contributed by atoms with Crippen LogP contribution in [0.15, 0.2) is 40.9 Å². The summed E-state index contributed by atoms with van der Waals surface area (Å²) in [5.74, 6) is -0.279. The van der Waals surface area contributed by atoms with Crippen molar-refractivity contribution in [1.29, 1.82) is 0 Å². The maximum atomic E-state index is 13.8. The molecule has 94 valence electrons. The molecule has 0 N–H and O–H groups in total. The first kappa shape index (κ1) is 13.6. The fourth-order valence-corrected chi connectivity index (χ4v) is 2.78. The number of hydrogen-bond donors (Lipinski definition) is 0. The van der Waals surface area contributed by atoms with Crippen molar-refractivity contribution < 1.29 is 4.39 Å². The first-order chi connectivity index (χ1) is 8.49. The second-order valence-corrected chi connectivity index (χ2v) is 5.74. The van der Waals surface area contributed by atoms with Crippen LogP contribution in [0.5, 0.6) is 0 Å². The van der Waals surface area contributed by atoms with Gasteiger partial charge in [-0.15, -0.1) is 11.6 Å². The highest BCUT2D eigenvalue weighted by Crippen LogP contribution is 2.34. The van der Waals surface area contributed by atoms with E-state index in [4.69, 9.17) is 11.6 Å². The Morgan fingerprint density at radius 2 is 1.78 bits per heavy atom. The van der Waals surface area contributed by atoms with E-state index in [9.17, 15) is 4.39 Å². The highest BCUT2D eigenvalue weighted by atomic mass is 79.9. The standard InChI is InChI=1S/C15H13BrClF/c1-9-3-5-12(10(2)7-9)15(17)13-8-11(16)4-6-14(13)18/h3-8,15H,1-2H3. The molecule has 2 aromatic rings. The molecule has 2 aromatic carbocycles. The van der Waals surface area contributed by atoms with Crippen LogP contribution in [0.3, 0.4) is 0 Å². The normalized spacial score (nSPS) is 12.5. The van der Waals surface area contributed by atoms with Crippen molar-refractivity contribution in [3.8, 4) is 0 Å². The van der Waals surface area contributed by atoms with Gasteiger partial charge < -0.3 is 0 Å². The Labute approximate surface area is 120 Å². The molecule has 0 aromatic heterocycles. The molecule has 0 aliphatic heterocycles. The maximum absolute atomic E-state index is 13.8. The zero-order valence-corrected chi connectivity index (χ0v) is 12.5. The predicted octanol–water partition coefficient (Wildman–Crippen LogP) is 5.53. The number of aryl methyl sites for hydroxylation is 2. The fraction of sp³-hybridized carbons (Fsp3) is 0.200. The summed E-state index contributed by atoms with van der Waals surface area (Å²) >= 11 is 9.75. The molecule has 0 aliphatic carbocycles. The van der Waals surface area contributed by atoms with Gasteiger partial charge in [-0.1, -0.05) is 39.7 Å². The van der Waals surface area contributed by atoms with Crippen molar-refractivity contribution in [1.82, 2.24) is 0 Å². The van der Waals surface area contributed by atoms with Crippen LogP contribution in [-0.2, 0) is 0 Å². The SMILES string of the molecule is Cc1ccc(C(Cl)c2cc(Br)ccc2F)c(C)c1. The number of halogens is 3. The van der Waals surface area contributed by atoms with Gasteiger partial charge in [0.25, 0.3) is 0 Å². The van der Waals surface area contributed by atoms with Gasteiger partial charge in [0.1, 0.15) is 5.82 Å². The molecular formula is C15H13BrClF. The van der Waals surface area contributed by atoms with Gasteiger partial charge in [0, 0.05) is 10.0 Å². The molecule has 0 saturated carbocycles. The van der Waals surface area contributed by atoms with E-state index < -0.39 is 5.38 Å². The summed E-state index contributed by atoms with van der Waals surface area (Å²) in [5.41, 5.74) is 3.70. The highest BCUT2D eigenvalue weighted by Gasteiger charge is 2.17. The Balaban J connectivity index is 2.47. The Morgan fingerprint density at radius 1 is 1.06 bits per heavy atom. The maximum Gasteiger partial charge on any atom is 0.128 e. The Kier molecular flexibility index (Phi) is 4.08. The van der Waals surface area contributed by atoms with Crippen LogP contribution in [0.25, 0.3) is 0 Å². The smallest absolute Gasteiger partial charge is 0.128 e. The third kappa shape index (κ3) is 2.76. The van der Waals surface area contributed by atoms with Crippen LogP contribution in [0, 0.1) is 19.7 Å². The molecule has 1 unspecified atom stereocenters. The molecule has 0 saturated heterocycles. The van der Waals surface area contributed by atoms with Gasteiger partial charge in [-0.25, -0.2) is 4.39 Å².